The molecule has 0 N–H and O–H groups in total. The minimum Gasteiger partial charge on any atom is -0.353 e. The molecule has 1 aromatic rings. The standard InChI is InChI=1S/C12H13ClN2O4S/c1-14-11(16)6-15(7-12(14)17)10-5-3-2-4-9(10)8-20(13,18)19/h2-5H,6-8H2,1H3. The molecule has 2 rings (SSSR count). The van der Waals surface area contributed by atoms with Gasteiger partial charge < -0.3 is 4.90 Å². The predicted octanol–water partition coefficient (Wildman–Crippen LogP) is 0.560. The van der Waals surface area contributed by atoms with Crippen LogP contribution in [0.25, 0.3) is 0 Å². The van der Waals surface area contributed by atoms with Crippen molar-refractivity contribution in [3.05, 3.63) is 29.8 Å². The molecule has 20 heavy (non-hydrogen) atoms. The summed E-state index contributed by atoms with van der Waals surface area (Å²) in [7, 11) is 2.99. The number of amides is 2. The van der Waals surface area contributed by atoms with Gasteiger partial charge in [-0.15, -0.1) is 0 Å². The zero-order chi connectivity index (χ0) is 14.9. The van der Waals surface area contributed by atoms with E-state index in [0.717, 1.165) is 4.90 Å². The summed E-state index contributed by atoms with van der Waals surface area (Å²) in [6.45, 7) is 0.0587. The number of hydrogen-bond acceptors (Lipinski definition) is 5. The average molecular weight is 317 g/mol. The van der Waals surface area contributed by atoms with Crippen LogP contribution in [0.3, 0.4) is 0 Å². The largest absolute Gasteiger partial charge is 0.353 e. The molecule has 8 heteroatoms. The molecule has 0 aromatic heterocycles. The van der Waals surface area contributed by atoms with Crippen molar-refractivity contribution >= 4 is 37.2 Å². The quantitative estimate of drug-likeness (QED) is 0.602. The van der Waals surface area contributed by atoms with Crippen molar-refractivity contribution in [1.29, 1.82) is 0 Å². The van der Waals surface area contributed by atoms with Gasteiger partial charge in [0.15, 0.2) is 0 Å². The number of likely N-dealkylation sites (N-methyl/N-ethyl adjacent to an activating group) is 1. The van der Waals surface area contributed by atoms with Crippen LogP contribution in [0.15, 0.2) is 24.3 Å². The van der Waals surface area contributed by atoms with Crippen molar-refractivity contribution in [2.24, 2.45) is 0 Å². The van der Waals surface area contributed by atoms with Gasteiger partial charge in [-0.2, -0.15) is 0 Å². The second-order valence-corrected chi connectivity index (χ2v) is 7.29. The molecule has 0 bridgehead atoms. The number of rotatable bonds is 3. The van der Waals surface area contributed by atoms with E-state index in [9.17, 15) is 18.0 Å². The van der Waals surface area contributed by atoms with E-state index in [-0.39, 0.29) is 30.7 Å². The van der Waals surface area contributed by atoms with Crippen molar-refractivity contribution in [3.8, 4) is 0 Å². The fraction of sp³-hybridized carbons (Fsp3) is 0.333. The molecule has 2 amide bonds. The Morgan fingerprint density at radius 1 is 1.15 bits per heavy atom. The molecule has 0 spiro atoms. The number of anilines is 1. The van der Waals surface area contributed by atoms with Crippen molar-refractivity contribution < 1.29 is 18.0 Å². The van der Waals surface area contributed by atoms with Gasteiger partial charge in [-0.25, -0.2) is 8.42 Å². The van der Waals surface area contributed by atoms with Crippen LogP contribution in [0.2, 0.25) is 0 Å². The van der Waals surface area contributed by atoms with E-state index >= 15 is 0 Å². The summed E-state index contributed by atoms with van der Waals surface area (Å²) in [5.74, 6) is -1.01. The van der Waals surface area contributed by atoms with Gasteiger partial charge in [-0.05, 0) is 11.6 Å². The maximum Gasteiger partial charge on any atom is 0.248 e. The summed E-state index contributed by atoms with van der Waals surface area (Å²) in [6, 6.07) is 6.68. The first-order valence-corrected chi connectivity index (χ1v) is 8.30. The Hall–Kier alpha value is -1.60. The highest BCUT2D eigenvalue weighted by Gasteiger charge is 2.29. The normalized spacial score (nSPS) is 16.7. The summed E-state index contributed by atoms with van der Waals surface area (Å²) >= 11 is 0. The molecular formula is C12H13ClN2O4S. The first-order valence-electron chi connectivity index (χ1n) is 5.82. The summed E-state index contributed by atoms with van der Waals surface area (Å²) in [5.41, 5.74) is 0.999. The number of halogens is 1. The van der Waals surface area contributed by atoms with Crippen molar-refractivity contribution in [2.45, 2.75) is 5.75 Å². The van der Waals surface area contributed by atoms with Crippen LogP contribution in [0.4, 0.5) is 5.69 Å². The number of benzene rings is 1. The molecule has 1 aromatic carbocycles. The van der Waals surface area contributed by atoms with Gasteiger partial charge in [0.1, 0.15) is 0 Å². The average Bonchev–Trinajstić information content (AvgIpc) is 2.34. The number of nitrogens with zero attached hydrogens (tertiary/aromatic N) is 2. The van der Waals surface area contributed by atoms with Crippen molar-refractivity contribution in [3.63, 3.8) is 0 Å². The van der Waals surface area contributed by atoms with Crippen LogP contribution in [0, 0.1) is 0 Å². The summed E-state index contributed by atoms with van der Waals surface area (Å²) < 4.78 is 22.4. The lowest BCUT2D eigenvalue weighted by atomic mass is 10.1. The van der Waals surface area contributed by atoms with E-state index in [1.54, 1.807) is 29.2 Å². The predicted molar refractivity (Wildman–Crippen MR) is 74.9 cm³/mol. The maximum absolute atomic E-state index is 11.7. The molecule has 1 heterocycles. The SMILES string of the molecule is CN1C(=O)CN(c2ccccc2CS(=O)(=O)Cl)CC1=O. The number of piperazine rings is 1. The number of carbonyl (C=O) groups excluding carboxylic acids is 2. The number of carbonyl (C=O) groups is 2. The van der Waals surface area contributed by atoms with Crippen LogP contribution in [-0.4, -0.2) is 45.3 Å². The van der Waals surface area contributed by atoms with Crippen LogP contribution >= 0.6 is 10.7 Å². The lowest BCUT2D eigenvalue weighted by molar-refractivity contribution is -0.143. The maximum atomic E-state index is 11.7. The van der Waals surface area contributed by atoms with E-state index in [1.807, 2.05) is 0 Å². The molecule has 0 atom stereocenters. The Labute approximate surface area is 121 Å². The first kappa shape index (κ1) is 14.8. The molecule has 0 saturated carbocycles. The molecule has 108 valence electrons. The third-order valence-corrected chi connectivity index (χ3v) is 4.04. The molecule has 6 nitrogen and oxygen atoms in total. The van der Waals surface area contributed by atoms with Gasteiger partial charge >= 0.3 is 0 Å². The molecule has 1 saturated heterocycles. The monoisotopic (exact) mass is 316 g/mol. The Bertz CT molecular complexity index is 641. The zero-order valence-electron chi connectivity index (χ0n) is 10.7. The van der Waals surface area contributed by atoms with E-state index < -0.39 is 9.05 Å². The third-order valence-electron chi connectivity index (χ3n) is 3.06. The van der Waals surface area contributed by atoms with E-state index in [0.29, 0.717) is 11.3 Å². The second kappa shape index (κ2) is 5.41. The van der Waals surface area contributed by atoms with Crippen molar-refractivity contribution in [2.75, 3.05) is 25.0 Å². The van der Waals surface area contributed by atoms with Gasteiger partial charge in [0.05, 0.1) is 18.8 Å². The number of para-hydroxylation sites is 1. The second-order valence-electron chi connectivity index (χ2n) is 4.51. The van der Waals surface area contributed by atoms with Crippen LogP contribution in [0.1, 0.15) is 5.56 Å². The minimum atomic E-state index is -3.71. The zero-order valence-corrected chi connectivity index (χ0v) is 12.3. The molecule has 0 aliphatic carbocycles. The summed E-state index contributed by atoms with van der Waals surface area (Å²) in [6.07, 6.45) is 0. The van der Waals surface area contributed by atoms with E-state index in [4.69, 9.17) is 10.7 Å². The van der Waals surface area contributed by atoms with Gasteiger partial charge in [-0.1, -0.05) is 18.2 Å². The lowest BCUT2D eigenvalue weighted by Crippen LogP contribution is -2.52. The van der Waals surface area contributed by atoms with Crippen molar-refractivity contribution in [1.82, 2.24) is 4.90 Å². The van der Waals surface area contributed by atoms with Crippen LogP contribution in [0.5, 0.6) is 0 Å². The third kappa shape index (κ3) is 3.29. The Morgan fingerprint density at radius 3 is 2.25 bits per heavy atom. The molecule has 1 aliphatic heterocycles. The lowest BCUT2D eigenvalue weighted by Gasteiger charge is -2.33. The van der Waals surface area contributed by atoms with Gasteiger partial charge in [0.25, 0.3) is 0 Å². The topological polar surface area (TPSA) is 74.8 Å². The molecule has 0 radical (unpaired) electrons. The molecule has 1 aliphatic rings. The number of imide groups is 1. The summed E-state index contributed by atoms with van der Waals surface area (Å²) in [5, 5.41) is 0. The summed E-state index contributed by atoms with van der Waals surface area (Å²) in [4.78, 5) is 26.0. The van der Waals surface area contributed by atoms with Crippen LogP contribution < -0.4 is 4.90 Å². The van der Waals surface area contributed by atoms with E-state index in [2.05, 4.69) is 0 Å². The molecular weight excluding hydrogens is 304 g/mol. The molecule has 0 unspecified atom stereocenters. The van der Waals surface area contributed by atoms with Gasteiger partial charge in [-0.3, -0.25) is 14.5 Å². The van der Waals surface area contributed by atoms with Crippen LogP contribution in [-0.2, 0) is 24.4 Å². The Kier molecular flexibility index (Phi) is 4.01. The highest BCUT2D eigenvalue weighted by Crippen LogP contribution is 2.25. The Morgan fingerprint density at radius 2 is 1.70 bits per heavy atom. The number of hydrogen-bond donors (Lipinski definition) is 0. The fourth-order valence-corrected chi connectivity index (χ4v) is 3.00. The van der Waals surface area contributed by atoms with E-state index in [1.165, 1.54) is 7.05 Å². The fourth-order valence-electron chi connectivity index (χ4n) is 2.03. The molecule has 1 fully saturated rings. The highest BCUT2D eigenvalue weighted by atomic mass is 35.7. The smallest absolute Gasteiger partial charge is 0.248 e. The van der Waals surface area contributed by atoms with Gasteiger partial charge in [0, 0.05) is 23.4 Å². The highest BCUT2D eigenvalue weighted by molar-refractivity contribution is 8.13. The Balaban J connectivity index is 2.34. The first-order chi connectivity index (χ1) is 9.28. The minimum absolute atomic E-state index is 0.0294. The van der Waals surface area contributed by atoms with Gasteiger partial charge in [0.2, 0.25) is 20.9 Å².